The topological polar surface area (TPSA) is 3.24 Å². The highest BCUT2D eigenvalue weighted by molar-refractivity contribution is 5.20. The summed E-state index contributed by atoms with van der Waals surface area (Å²) in [6, 6.07) is 0. The quantitative estimate of drug-likeness (QED) is 0.170. The third-order valence-corrected chi connectivity index (χ3v) is 4.73. The lowest BCUT2D eigenvalue weighted by molar-refractivity contribution is -0.522. The molecule has 30 heteroatoms. The molecule has 0 aromatic heterocycles. The van der Waals surface area contributed by atoms with Crippen LogP contribution in [0, 0.1) is 0 Å². The summed E-state index contributed by atoms with van der Waals surface area (Å²) < 4.78 is 378. The molecule has 1 nitrogen and oxygen atoms in total. The van der Waals surface area contributed by atoms with Crippen LogP contribution in [0.3, 0.4) is 0 Å². The predicted molar refractivity (Wildman–Crippen MR) is 69.5 cm³/mol. The first kappa shape index (κ1) is 40.9. The molecule has 0 rings (SSSR count). The maximum atomic E-state index is 14.4. The normalized spacial score (nSPS) is 18.3. The highest BCUT2D eigenvalue weighted by Gasteiger charge is 3.00. The summed E-state index contributed by atoms with van der Waals surface area (Å²) in [7, 11) is 0. The first-order chi connectivity index (χ1) is 17.9. The van der Waals surface area contributed by atoms with Crippen molar-refractivity contribution in [1.82, 2.24) is 4.90 Å². The van der Waals surface area contributed by atoms with Gasteiger partial charge < -0.3 is 0 Å². The molecule has 0 aliphatic heterocycles. The smallest absolute Gasteiger partial charge is 0.211 e. The Balaban J connectivity index is 8.10. The Morgan fingerprint density at radius 1 is 0.209 bits per heavy atom. The molecule has 1 unspecified atom stereocenters. The molecular weight excluding hydrogens is 721 g/mol. The molecule has 0 bridgehead atoms. The van der Waals surface area contributed by atoms with E-state index in [1.165, 1.54) is 0 Å². The van der Waals surface area contributed by atoms with Crippen LogP contribution in [0.1, 0.15) is 0 Å². The minimum absolute atomic E-state index is 5.63. The van der Waals surface area contributed by atoms with Gasteiger partial charge in [0, 0.05) is 0 Å². The van der Waals surface area contributed by atoms with Gasteiger partial charge in [0.1, 0.15) is 0 Å². The molecule has 0 radical (unpaired) electrons. The van der Waals surface area contributed by atoms with Crippen LogP contribution in [0.15, 0.2) is 0 Å². The Morgan fingerprint density at radius 3 is 0.581 bits per heavy atom. The van der Waals surface area contributed by atoms with Gasteiger partial charge in [0.15, 0.2) is 0 Å². The van der Waals surface area contributed by atoms with Gasteiger partial charge in [-0.25, -0.2) is 4.39 Å². The van der Waals surface area contributed by atoms with Gasteiger partial charge in [-0.1, -0.05) is 4.90 Å². The second-order valence-electron chi connectivity index (χ2n) is 7.48. The van der Waals surface area contributed by atoms with Crippen LogP contribution < -0.4 is 0 Å². The van der Waals surface area contributed by atoms with Crippen molar-refractivity contribution in [2.24, 2.45) is 0 Å². The van der Waals surface area contributed by atoms with Gasteiger partial charge in [0.25, 0.3) is 0 Å². The molecule has 0 N–H and O–H groups in total. The number of hydrogen-bond acceptors (Lipinski definition) is 1. The lowest BCUT2D eigenvalue weighted by Crippen LogP contribution is -2.83. The van der Waals surface area contributed by atoms with Gasteiger partial charge in [-0.05, 0) is 0 Å². The Bertz CT molecular complexity index is 987. The van der Waals surface area contributed by atoms with E-state index in [1.54, 1.807) is 0 Å². The van der Waals surface area contributed by atoms with Crippen molar-refractivity contribution in [2.75, 3.05) is 0 Å². The third-order valence-electron chi connectivity index (χ3n) is 4.73. The first-order valence-corrected chi connectivity index (χ1v) is 8.65. The van der Waals surface area contributed by atoms with E-state index in [0.29, 0.717) is 0 Å². The number of nitrogens with zero attached hydrogens (tertiary/aromatic N) is 1. The van der Waals surface area contributed by atoms with E-state index < -0.39 is 83.0 Å². The molecule has 43 heavy (non-hydrogen) atoms. The lowest BCUT2D eigenvalue weighted by atomic mass is 9.84. The second-order valence-corrected chi connectivity index (χ2v) is 7.48. The highest BCUT2D eigenvalue weighted by atomic mass is 19.5. The Morgan fingerprint density at radius 2 is 0.395 bits per heavy atom. The van der Waals surface area contributed by atoms with Crippen LogP contribution in [-0.4, -0.2) is 83.0 Å². The van der Waals surface area contributed by atoms with Gasteiger partial charge in [-0.15, -0.1) is 0 Å². The van der Waals surface area contributed by atoms with Gasteiger partial charge in [-0.2, -0.15) is 123 Å². The summed E-state index contributed by atoms with van der Waals surface area (Å²) in [5.74, 6) is -87.7. The van der Waals surface area contributed by atoms with E-state index in [1.807, 2.05) is 0 Å². The minimum atomic E-state index is -10.2. The average molecular weight is 721 g/mol. The van der Waals surface area contributed by atoms with E-state index in [9.17, 15) is 127 Å². The molecule has 0 heterocycles. The molecule has 260 valence electrons. The van der Waals surface area contributed by atoms with E-state index in [0.717, 1.165) is 0 Å². The zero-order valence-corrected chi connectivity index (χ0v) is 17.9. The van der Waals surface area contributed by atoms with Gasteiger partial charge in [0.05, 0.1) is 0 Å². The average Bonchev–Trinajstić information content (AvgIpc) is 2.68. The van der Waals surface area contributed by atoms with Crippen molar-refractivity contribution in [3.05, 3.63) is 0 Å². The molecular formula is C13F29N. The standard InChI is InChI=1S/C13F29N/c14-1(15,3(18,19)5(22,23)7(26,27)10(31,32)33)2(16,17)4(20,21)6(24,25)9(30,8(28,29)11(34,35)36)43(12(37,38)39)13(40,41)42. The first-order valence-electron chi connectivity index (χ1n) is 8.65. The Hall–Kier alpha value is -2.07. The highest BCUT2D eigenvalue weighted by Crippen LogP contribution is 2.68. The van der Waals surface area contributed by atoms with Crippen LogP contribution >= 0.6 is 0 Å². The SMILES string of the molecule is FC(F)(F)N(C(F)(F)F)C(F)(C(F)(F)C(F)(F)F)C(F)(F)C(F)(F)C(F)(F)C(F)(F)C(F)(F)C(F)(F)C(F)(F)C(F)(F)F. The molecule has 0 amide bonds. The second kappa shape index (κ2) is 9.71. The maximum Gasteiger partial charge on any atom is 0.470 e. The van der Waals surface area contributed by atoms with E-state index in [4.69, 9.17) is 0 Å². The van der Waals surface area contributed by atoms with Gasteiger partial charge in [-0.3, -0.25) is 0 Å². The van der Waals surface area contributed by atoms with Crippen LogP contribution in [0.2, 0.25) is 0 Å². The number of rotatable bonds is 9. The zero-order valence-electron chi connectivity index (χ0n) is 17.9. The summed E-state index contributed by atoms with van der Waals surface area (Å²) in [4.78, 5) is -5.63. The van der Waals surface area contributed by atoms with E-state index >= 15 is 0 Å². The fraction of sp³-hybridized carbons (Fsp3) is 1.00. The third kappa shape index (κ3) is 5.12. The largest absolute Gasteiger partial charge is 0.470 e. The van der Waals surface area contributed by atoms with E-state index in [-0.39, 0.29) is 0 Å². The van der Waals surface area contributed by atoms with Crippen LogP contribution in [-0.2, 0) is 0 Å². The molecule has 0 saturated carbocycles. The maximum absolute atomic E-state index is 14.4. The zero-order chi connectivity index (χ0) is 36.1. The number of hydrogen-bond donors (Lipinski definition) is 0. The fourth-order valence-electron chi connectivity index (χ4n) is 2.53. The van der Waals surface area contributed by atoms with Crippen LogP contribution in [0.5, 0.6) is 0 Å². The van der Waals surface area contributed by atoms with Crippen LogP contribution in [0.25, 0.3) is 0 Å². The molecule has 0 aliphatic carbocycles. The summed E-state index contributed by atoms with van der Waals surface area (Å²) in [6.07, 6.45) is -34.7. The lowest BCUT2D eigenvalue weighted by Gasteiger charge is -2.50. The molecule has 0 spiro atoms. The summed E-state index contributed by atoms with van der Waals surface area (Å²) >= 11 is 0. The summed E-state index contributed by atoms with van der Waals surface area (Å²) in [5.41, 5.74) is 0. The van der Waals surface area contributed by atoms with Crippen LogP contribution in [0.4, 0.5) is 127 Å². The summed E-state index contributed by atoms with van der Waals surface area (Å²) in [5, 5.41) is 0. The fourth-order valence-corrected chi connectivity index (χ4v) is 2.53. The molecule has 1 atom stereocenters. The Labute approximate surface area is 212 Å². The molecule has 0 fully saturated rings. The van der Waals surface area contributed by atoms with Crippen molar-refractivity contribution in [1.29, 1.82) is 0 Å². The van der Waals surface area contributed by atoms with Gasteiger partial charge >= 0.3 is 78.1 Å². The van der Waals surface area contributed by atoms with Crippen molar-refractivity contribution < 1.29 is 127 Å². The van der Waals surface area contributed by atoms with Crippen molar-refractivity contribution in [2.45, 2.75) is 78.1 Å². The summed E-state index contributed by atoms with van der Waals surface area (Å²) in [6.45, 7) is 0. The number of halogens is 29. The van der Waals surface area contributed by atoms with Crippen molar-refractivity contribution in [3.63, 3.8) is 0 Å². The predicted octanol–water partition coefficient (Wildman–Crippen LogP) is 9.20. The molecule has 0 aliphatic rings. The number of alkyl halides is 29. The monoisotopic (exact) mass is 721 g/mol. The van der Waals surface area contributed by atoms with Gasteiger partial charge in [0.2, 0.25) is 0 Å². The van der Waals surface area contributed by atoms with Crippen molar-refractivity contribution in [3.8, 4) is 0 Å². The minimum Gasteiger partial charge on any atom is -0.211 e. The molecule has 0 aromatic rings. The molecule has 0 aromatic carbocycles. The molecule has 0 saturated heterocycles. The van der Waals surface area contributed by atoms with Crippen molar-refractivity contribution >= 4 is 0 Å². The van der Waals surface area contributed by atoms with E-state index in [2.05, 4.69) is 0 Å². The Kier molecular flexibility index (Phi) is 9.25.